The second-order valence-corrected chi connectivity index (χ2v) is 15.5. The fraction of sp³-hybridized carbons (Fsp3) is 0.821. The summed E-state index contributed by atoms with van der Waals surface area (Å²) in [4.78, 5) is 41.5. The molecule has 2 spiro atoms. The maximum Gasteiger partial charge on any atom is 0.309 e. The van der Waals surface area contributed by atoms with Crippen molar-refractivity contribution in [3.63, 3.8) is 0 Å². The van der Waals surface area contributed by atoms with Gasteiger partial charge in [0.15, 0.2) is 5.78 Å². The molecule has 7 fully saturated rings. The third kappa shape index (κ3) is 3.17. The molecule has 10 nitrogen and oxygen atoms in total. The van der Waals surface area contributed by atoms with E-state index in [-0.39, 0.29) is 56.1 Å². The van der Waals surface area contributed by atoms with Gasteiger partial charge in [0.25, 0.3) is 0 Å². The molecule has 0 amide bonds. The Labute approximate surface area is 229 Å². The normalized spacial score (nSPS) is 45.7. The minimum absolute atomic E-state index is 0.0147. The number of sulfonamides is 1. The van der Waals surface area contributed by atoms with E-state index in [2.05, 4.69) is 6.58 Å². The highest BCUT2D eigenvalue weighted by molar-refractivity contribution is 7.89. The van der Waals surface area contributed by atoms with Gasteiger partial charge in [0, 0.05) is 31.3 Å². The predicted octanol–water partition coefficient (Wildman–Crippen LogP) is 1.20. The fourth-order valence-electron chi connectivity index (χ4n) is 9.54. The van der Waals surface area contributed by atoms with E-state index in [0.29, 0.717) is 19.3 Å². The molecule has 2 unspecified atom stereocenters. The van der Waals surface area contributed by atoms with Crippen LogP contribution >= 0.6 is 0 Å². The van der Waals surface area contributed by atoms with Crippen LogP contribution in [0.4, 0.5) is 0 Å². The second kappa shape index (κ2) is 8.44. The Hall–Kier alpha value is -1.66. The minimum Gasteiger partial charge on any atom is -0.460 e. The average molecular weight is 566 g/mol. The number of Topliss-reactive ketones (excluding diaryl/α,β-unsaturated/α-hetero) is 2. The van der Waals surface area contributed by atoms with Gasteiger partial charge in [-0.25, -0.2) is 12.7 Å². The molecule has 0 aromatic heterocycles. The molecule has 4 bridgehead atoms. The fourth-order valence-corrected chi connectivity index (χ4v) is 10.7. The Morgan fingerprint density at radius 1 is 1.18 bits per heavy atom. The number of carbonyl (C=O) groups excluding carboxylic acids is 3. The van der Waals surface area contributed by atoms with Crippen LogP contribution in [0.3, 0.4) is 0 Å². The van der Waals surface area contributed by atoms with Crippen LogP contribution in [-0.4, -0.2) is 83.9 Å². The maximum absolute atomic E-state index is 14.2. The van der Waals surface area contributed by atoms with Crippen molar-refractivity contribution in [1.29, 1.82) is 0 Å². The highest BCUT2D eigenvalue weighted by atomic mass is 32.2. The van der Waals surface area contributed by atoms with E-state index in [1.54, 1.807) is 6.92 Å². The lowest BCUT2D eigenvalue weighted by Gasteiger charge is -2.73. The van der Waals surface area contributed by atoms with Crippen molar-refractivity contribution in [1.82, 2.24) is 4.31 Å². The molecule has 216 valence electrons. The Morgan fingerprint density at radius 3 is 2.49 bits per heavy atom. The first-order valence-electron chi connectivity index (χ1n) is 14.2. The number of aliphatic hydroxyl groups excluding tert-OH is 1. The summed E-state index contributed by atoms with van der Waals surface area (Å²) in [5, 5.41) is 24.0. The Kier molecular flexibility index (Phi) is 5.95. The quantitative estimate of drug-likeness (QED) is 0.379. The van der Waals surface area contributed by atoms with E-state index in [9.17, 15) is 33.0 Å². The molecule has 8 atom stereocenters. The van der Waals surface area contributed by atoms with Crippen LogP contribution in [0.1, 0.15) is 59.3 Å². The standard InChI is InChI=1S/C28H39NO9S/c1-5-39(35,36)29-12-9-16(10-13-29)24(33)38-23-17-6-7-18-26-14-37-28(34,27(18,23)21(31)15(17)2)22(32)20(26)25(3,4)11-8-19(26)30/h16-18,20,22-23,32,34H,2,5-14H2,1,3-4H3/t17-,18-,20+,22-,23+,26?,27?,28-/m0/s1. The van der Waals surface area contributed by atoms with Gasteiger partial charge in [-0.3, -0.25) is 14.4 Å². The summed E-state index contributed by atoms with van der Waals surface area (Å²) in [5.74, 6) is -5.89. The average Bonchev–Trinajstić information content (AvgIpc) is 3.01. The Morgan fingerprint density at radius 2 is 1.85 bits per heavy atom. The van der Waals surface area contributed by atoms with Gasteiger partial charge in [0.1, 0.15) is 23.4 Å². The highest BCUT2D eigenvalue weighted by Gasteiger charge is 2.88. The lowest BCUT2D eigenvalue weighted by molar-refractivity contribution is -0.437. The van der Waals surface area contributed by atoms with Gasteiger partial charge in [-0.1, -0.05) is 20.4 Å². The molecule has 11 heteroatoms. The number of hydrogen-bond acceptors (Lipinski definition) is 9. The van der Waals surface area contributed by atoms with Crippen LogP contribution < -0.4 is 0 Å². The number of hydrogen-bond donors (Lipinski definition) is 2. The smallest absolute Gasteiger partial charge is 0.309 e. The summed E-state index contributed by atoms with van der Waals surface area (Å²) in [6.07, 6.45) is -0.335. The van der Waals surface area contributed by atoms with Gasteiger partial charge >= 0.3 is 5.97 Å². The van der Waals surface area contributed by atoms with E-state index in [1.165, 1.54) is 4.31 Å². The van der Waals surface area contributed by atoms with Crippen molar-refractivity contribution in [2.45, 2.75) is 77.3 Å². The number of rotatable bonds is 4. The Balaban J connectivity index is 1.38. The molecular weight excluding hydrogens is 526 g/mol. The maximum atomic E-state index is 14.2. The molecule has 7 aliphatic rings. The summed E-state index contributed by atoms with van der Waals surface area (Å²) in [6.45, 7) is 9.87. The van der Waals surface area contributed by atoms with Gasteiger partial charge < -0.3 is 19.7 Å². The molecule has 2 N–H and O–H groups in total. The zero-order chi connectivity index (χ0) is 28.3. The largest absolute Gasteiger partial charge is 0.460 e. The van der Waals surface area contributed by atoms with Crippen molar-refractivity contribution in [2.75, 3.05) is 25.4 Å². The molecule has 3 heterocycles. The Bertz CT molecular complexity index is 1250. The van der Waals surface area contributed by atoms with E-state index < -0.39 is 79.7 Å². The molecule has 4 saturated carbocycles. The van der Waals surface area contributed by atoms with Gasteiger partial charge in [0.05, 0.1) is 23.7 Å². The van der Waals surface area contributed by atoms with Crippen molar-refractivity contribution < 1.29 is 42.5 Å². The van der Waals surface area contributed by atoms with E-state index in [0.717, 1.165) is 0 Å². The topological polar surface area (TPSA) is 148 Å². The molecular formula is C28H39NO9S. The third-order valence-electron chi connectivity index (χ3n) is 11.4. The first-order chi connectivity index (χ1) is 18.2. The monoisotopic (exact) mass is 565 g/mol. The first-order valence-corrected chi connectivity index (χ1v) is 15.8. The number of piperidine rings is 1. The van der Waals surface area contributed by atoms with Crippen LogP contribution in [-0.2, 0) is 33.9 Å². The molecule has 3 aliphatic heterocycles. The molecule has 4 aliphatic carbocycles. The zero-order valence-corrected chi connectivity index (χ0v) is 23.7. The van der Waals surface area contributed by atoms with Crippen molar-refractivity contribution in [2.24, 2.45) is 39.9 Å². The second-order valence-electron chi connectivity index (χ2n) is 13.3. The van der Waals surface area contributed by atoms with E-state index in [4.69, 9.17) is 9.47 Å². The van der Waals surface area contributed by atoms with E-state index >= 15 is 0 Å². The van der Waals surface area contributed by atoms with Gasteiger partial charge in [-0.2, -0.15) is 0 Å². The summed E-state index contributed by atoms with van der Waals surface area (Å²) < 4.78 is 38.0. The van der Waals surface area contributed by atoms with Crippen LogP contribution in [0.2, 0.25) is 0 Å². The van der Waals surface area contributed by atoms with Crippen molar-refractivity contribution >= 4 is 27.6 Å². The highest BCUT2D eigenvalue weighted by Crippen LogP contribution is 2.76. The minimum atomic E-state index is -3.37. The molecule has 39 heavy (non-hydrogen) atoms. The van der Waals surface area contributed by atoms with Gasteiger partial charge in [0.2, 0.25) is 15.8 Å². The molecule has 0 aromatic rings. The summed E-state index contributed by atoms with van der Waals surface area (Å²) in [5.41, 5.74) is -3.26. The molecule has 7 rings (SSSR count). The lowest BCUT2D eigenvalue weighted by Crippen LogP contribution is -2.85. The zero-order valence-electron chi connectivity index (χ0n) is 22.8. The SMILES string of the molecule is C=C1C(=O)C23[C@H](OC(=O)C4CCN(S(=O)(=O)CC)CC4)[C@H]1CC[C@H]2C12CO[C@@]3(O)[C@@H](O)[C@@H]1C(C)(C)CCC2=O. The number of carbonyl (C=O) groups is 3. The molecule has 0 aromatic carbocycles. The van der Waals surface area contributed by atoms with Crippen molar-refractivity contribution in [3.8, 4) is 0 Å². The molecule has 0 radical (unpaired) electrons. The lowest BCUT2D eigenvalue weighted by atomic mass is 9.36. The summed E-state index contributed by atoms with van der Waals surface area (Å²) in [6, 6.07) is 0. The van der Waals surface area contributed by atoms with Gasteiger partial charge in [-0.15, -0.1) is 0 Å². The predicted molar refractivity (Wildman–Crippen MR) is 137 cm³/mol. The number of aliphatic hydroxyl groups is 2. The van der Waals surface area contributed by atoms with Crippen LogP contribution in [0.5, 0.6) is 0 Å². The molecule has 3 saturated heterocycles. The van der Waals surface area contributed by atoms with Crippen molar-refractivity contribution in [3.05, 3.63) is 12.2 Å². The number of ether oxygens (including phenoxy) is 2. The van der Waals surface area contributed by atoms with Crippen LogP contribution in [0, 0.1) is 39.9 Å². The number of ketones is 2. The third-order valence-corrected chi connectivity index (χ3v) is 13.3. The van der Waals surface area contributed by atoms with E-state index in [1.807, 2.05) is 13.8 Å². The number of nitrogens with zero attached hydrogens (tertiary/aromatic N) is 1. The van der Waals surface area contributed by atoms with Gasteiger partial charge in [-0.05, 0) is 55.9 Å². The number of esters is 1. The number of fused-ring (bicyclic) bond motifs is 2. The summed E-state index contributed by atoms with van der Waals surface area (Å²) in [7, 11) is -3.37. The van der Waals surface area contributed by atoms with Crippen LogP contribution in [0.15, 0.2) is 12.2 Å². The first kappa shape index (κ1) is 27.5. The van der Waals surface area contributed by atoms with Crippen LogP contribution in [0.25, 0.3) is 0 Å². The summed E-state index contributed by atoms with van der Waals surface area (Å²) >= 11 is 0.